The Kier molecular flexibility index (Phi) is 3.80. The van der Waals surface area contributed by atoms with Gasteiger partial charge in [0.2, 0.25) is 5.91 Å². The van der Waals surface area contributed by atoms with Crippen molar-refractivity contribution < 1.29 is 18.0 Å². The Balaban J connectivity index is 1.76. The lowest BCUT2D eigenvalue weighted by molar-refractivity contribution is -0.141. The van der Waals surface area contributed by atoms with E-state index < -0.39 is 17.8 Å². The second kappa shape index (κ2) is 5.65. The highest BCUT2D eigenvalue weighted by molar-refractivity contribution is 7.22. The molecule has 120 valence electrons. The van der Waals surface area contributed by atoms with Gasteiger partial charge in [-0.1, -0.05) is 23.5 Å². The fourth-order valence-electron chi connectivity index (χ4n) is 1.96. The first-order valence-corrected chi connectivity index (χ1v) is 7.39. The van der Waals surface area contributed by atoms with Crippen molar-refractivity contribution in [1.29, 1.82) is 0 Å². The van der Waals surface area contributed by atoms with E-state index in [-0.39, 0.29) is 6.54 Å². The third kappa shape index (κ3) is 3.19. The molecule has 5 nitrogen and oxygen atoms in total. The number of carbonyl (C=O) groups excluding carboxylic acids is 1. The number of carbonyl (C=O) groups is 1. The zero-order valence-corrected chi connectivity index (χ0v) is 12.7. The molecular weight excluding hydrogens is 329 g/mol. The van der Waals surface area contributed by atoms with Crippen molar-refractivity contribution in [1.82, 2.24) is 14.8 Å². The van der Waals surface area contributed by atoms with Gasteiger partial charge in [-0.15, -0.1) is 0 Å². The molecule has 1 amide bonds. The number of hydrogen-bond donors (Lipinski definition) is 0. The van der Waals surface area contributed by atoms with Crippen LogP contribution in [0.25, 0.3) is 10.2 Å². The maximum atomic E-state index is 12.5. The van der Waals surface area contributed by atoms with E-state index in [1.165, 1.54) is 23.3 Å². The van der Waals surface area contributed by atoms with Gasteiger partial charge in [0.15, 0.2) is 10.8 Å². The Morgan fingerprint density at radius 3 is 2.70 bits per heavy atom. The van der Waals surface area contributed by atoms with Gasteiger partial charge in [-0.25, -0.2) is 4.98 Å². The minimum Gasteiger partial charge on any atom is -0.290 e. The predicted molar refractivity (Wildman–Crippen MR) is 80.3 cm³/mol. The summed E-state index contributed by atoms with van der Waals surface area (Å²) < 4.78 is 39.4. The summed E-state index contributed by atoms with van der Waals surface area (Å²) in [5.74, 6) is -0.402. The number of thiazole rings is 1. The number of amides is 1. The van der Waals surface area contributed by atoms with Gasteiger partial charge < -0.3 is 0 Å². The molecule has 0 fully saturated rings. The Bertz CT molecular complexity index is 822. The van der Waals surface area contributed by atoms with Crippen LogP contribution in [-0.2, 0) is 17.5 Å². The molecule has 2 heterocycles. The summed E-state index contributed by atoms with van der Waals surface area (Å²) in [7, 11) is 1.54. The first kappa shape index (κ1) is 15.5. The lowest BCUT2D eigenvalue weighted by Crippen LogP contribution is -2.30. The third-order valence-electron chi connectivity index (χ3n) is 3.17. The van der Waals surface area contributed by atoms with Crippen LogP contribution in [0.3, 0.4) is 0 Å². The Morgan fingerprint density at radius 1 is 1.30 bits per heavy atom. The molecule has 0 unspecified atom stereocenters. The van der Waals surface area contributed by atoms with Crippen molar-refractivity contribution in [2.45, 2.75) is 12.7 Å². The van der Waals surface area contributed by atoms with Crippen LogP contribution in [0.15, 0.2) is 36.5 Å². The van der Waals surface area contributed by atoms with E-state index in [9.17, 15) is 18.0 Å². The third-order valence-corrected chi connectivity index (χ3v) is 4.28. The molecule has 0 N–H and O–H groups in total. The van der Waals surface area contributed by atoms with E-state index in [4.69, 9.17) is 0 Å². The average molecular weight is 340 g/mol. The number of para-hydroxylation sites is 1. The number of alkyl halides is 3. The molecule has 0 aliphatic rings. The quantitative estimate of drug-likeness (QED) is 0.736. The topological polar surface area (TPSA) is 51.0 Å². The summed E-state index contributed by atoms with van der Waals surface area (Å²) in [4.78, 5) is 17.9. The summed E-state index contributed by atoms with van der Waals surface area (Å²) in [6.45, 7) is -0.289. The van der Waals surface area contributed by atoms with Crippen LogP contribution in [-0.4, -0.2) is 27.7 Å². The average Bonchev–Trinajstić information content (AvgIpc) is 3.11. The summed E-state index contributed by atoms with van der Waals surface area (Å²) in [5, 5.41) is 3.85. The zero-order chi connectivity index (χ0) is 16.6. The number of halogens is 3. The van der Waals surface area contributed by atoms with Crippen molar-refractivity contribution in [2.24, 2.45) is 0 Å². The van der Waals surface area contributed by atoms with Crippen molar-refractivity contribution in [2.75, 3.05) is 11.9 Å². The normalized spacial score (nSPS) is 11.8. The van der Waals surface area contributed by atoms with Crippen LogP contribution in [0.2, 0.25) is 0 Å². The van der Waals surface area contributed by atoms with Crippen molar-refractivity contribution in [3.8, 4) is 0 Å². The maximum absolute atomic E-state index is 12.5. The molecule has 3 rings (SSSR count). The number of anilines is 1. The fraction of sp³-hybridized carbons (Fsp3) is 0.214. The molecule has 1 aromatic carbocycles. The molecule has 0 radical (unpaired) electrons. The second-order valence-electron chi connectivity index (χ2n) is 4.81. The van der Waals surface area contributed by atoms with E-state index in [0.29, 0.717) is 5.13 Å². The standard InChI is InChI=1S/C14H11F3N4OS/c1-20(13-18-9-4-2-3-5-10(9)23-13)12(22)8-21-7-6-11(19-21)14(15,16)17/h2-7H,8H2,1H3. The van der Waals surface area contributed by atoms with Gasteiger partial charge in [-0.2, -0.15) is 18.3 Å². The molecule has 0 aliphatic carbocycles. The first-order valence-electron chi connectivity index (χ1n) is 6.57. The van der Waals surface area contributed by atoms with E-state index >= 15 is 0 Å². The number of hydrogen-bond acceptors (Lipinski definition) is 4. The second-order valence-corrected chi connectivity index (χ2v) is 5.82. The van der Waals surface area contributed by atoms with E-state index in [1.807, 2.05) is 24.3 Å². The smallest absolute Gasteiger partial charge is 0.290 e. The van der Waals surface area contributed by atoms with E-state index in [1.54, 1.807) is 0 Å². The van der Waals surface area contributed by atoms with Gasteiger partial charge in [0.25, 0.3) is 0 Å². The molecule has 0 spiro atoms. The Labute approximate surface area is 133 Å². The molecule has 3 aromatic rings. The first-order chi connectivity index (χ1) is 10.8. The summed E-state index contributed by atoms with van der Waals surface area (Å²) >= 11 is 1.34. The van der Waals surface area contributed by atoms with Gasteiger partial charge >= 0.3 is 6.18 Å². The monoisotopic (exact) mass is 340 g/mol. The molecule has 9 heteroatoms. The maximum Gasteiger partial charge on any atom is 0.435 e. The predicted octanol–water partition coefficient (Wildman–Crippen LogP) is 3.17. The van der Waals surface area contributed by atoms with E-state index in [2.05, 4.69) is 10.1 Å². The number of aromatic nitrogens is 3. The number of nitrogens with zero attached hydrogens (tertiary/aromatic N) is 4. The van der Waals surface area contributed by atoms with Gasteiger partial charge in [-0.05, 0) is 18.2 Å². The van der Waals surface area contributed by atoms with Gasteiger partial charge in [0.05, 0.1) is 10.2 Å². The Morgan fingerprint density at radius 2 is 2.04 bits per heavy atom. The van der Waals surface area contributed by atoms with Crippen molar-refractivity contribution >= 4 is 32.6 Å². The van der Waals surface area contributed by atoms with Crippen LogP contribution in [0, 0.1) is 0 Å². The van der Waals surface area contributed by atoms with Crippen LogP contribution >= 0.6 is 11.3 Å². The van der Waals surface area contributed by atoms with Crippen LogP contribution in [0.1, 0.15) is 5.69 Å². The number of rotatable bonds is 3. The summed E-state index contributed by atoms with van der Waals surface area (Å²) in [5.41, 5.74) is -0.251. The van der Waals surface area contributed by atoms with Crippen LogP contribution in [0.5, 0.6) is 0 Å². The SMILES string of the molecule is CN(C(=O)Cn1ccc(C(F)(F)F)n1)c1nc2ccccc2s1. The minimum atomic E-state index is -4.52. The highest BCUT2D eigenvalue weighted by Crippen LogP contribution is 2.29. The molecule has 0 atom stereocenters. The highest BCUT2D eigenvalue weighted by Gasteiger charge is 2.33. The molecule has 23 heavy (non-hydrogen) atoms. The van der Waals surface area contributed by atoms with Gasteiger partial charge in [-0.3, -0.25) is 14.4 Å². The van der Waals surface area contributed by atoms with Crippen LogP contribution < -0.4 is 4.90 Å². The number of benzene rings is 1. The lowest BCUT2D eigenvalue weighted by Gasteiger charge is -2.13. The number of likely N-dealkylation sites (N-methyl/N-ethyl adjacent to an activating group) is 1. The minimum absolute atomic E-state index is 0.289. The van der Waals surface area contributed by atoms with Gasteiger partial charge in [0.1, 0.15) is 6.54 Å². The molecule has 0 aliphatic heterocycles. The largest absolute Gasteiger partial charge is 0.435 e. The van der Waals surface area contributed by atoms with Crippen molar-refractivity contribution in [3.05, 3.63) is 42.2 Å². The van der Waals surface area contributed by atoms with E-state index in [0.717, 1.165) is 27.2 Å². The summed E-state index contributed by atoms with van der Waals surface area (Å²) in [6, 6.07) is 8.27. The molecular formula is C14H11F3N4OS. The number of fused-ring (bicyclic) bond motifs is 1. The molecule has 0 saturated carbocycles. The molecule has 0 bridgehead atoms. The highest BCUT2D eigenvalue weighted by atomic mass is 32.1. The van der Waals surface area contributed by atoms with Crippen molar-refractivity contribution in [3.63, 3.8) is 0 Å². The van der Waals surface area contributed by atoms with Gasteiger partial charge in [0, 0.05) is 13.2 Å². The Hall–Kier alpha value is -2.42. The fourth-order valence-corrected chi connectivity index (χ4v) is 2.90. The molecule has 2 aromatic heterocycles. The lowest BCUT2D eigenvalue weighted by atomic mass is 10.3. The summed E-state index contributed by atoms with van der Waals surface area (Å²) in [6.07, 6.45) is -3.39. The van der Waals surface area contributed by atoms with Crippen LogP contribution in [0.4, 0.5) is 18.3 Å². The zero-order valence-electron chi connectivity index (χ0n) is 11.9. The molecule has 0 saturated heterocycles.